The number of aryl methyl sites for hydroxylation is 1. The molecule has 0 aromatic heterocycles. The summed E-state index contributed by atoms with van der Waals surface area (Å²) in [7, 11) is -3.51. The van der Waals surface area contributed by atoms with Crippen LogP contribution >= 0.6 is 0 Å². The first-order valence-electron chi connectivity index (χ1n) is 6.95. The Kier molecular flexibility index (Phi) is 5.78. The zero-order chi connectivity index (χ0) is 16.2. The second kappa shape index (κ2) is 6.93. The third-order valence-corrected chi connectivity index (χ3v) is 4.51. The first kappa shape index (κ1) is 17.5. The van der Waals surface area contributed by atoms with Crippen molar-refractivity contribution in [3.05, 3.63) is 29.8 Å². The molecule has 21 heavy (non-hydrogen) atoms. The number of amides is 1. The SMILES string of the molecule is Cc1cccc(N(CC(=O)N[C@H](C)C(C)C)S(C)(=O)=O)c1. The van der Waals surface area contributed by atoms with E-state index in [1.54, 1.807) is 18.2 Å². The summed E-state index contributed by atoms with van der Waals surface area (Å²) < 4.78 is 25.0. The summed E-state index contributed by atoms with van der Waals surface area (Å²) in [5.41, 5.74) is 1.45. The van der Waals surface area contributed by atoms with Crippen LogP contribution in [-0.4, -0.2) is 33.2 Å². The van der Waals surface area contributed by atoms with E-state index >= 15 is 0 Å². The maximum Gasteiger partial charge on any atom is 0.240 e. The monoisotopic (exact) mass is 312 g/mol. The van der Waals surface area contributed by atoms with Crippen LogP contribution in [0.3, 0.4) is 0 Å². The maximum atomic E-state index is 12.1. The van der Waals surface area contributed by atoms with Gasteiger partial charge in [-0.1, -0.05) is 26.0 Å². The number of carbonyl (C=O) groups excluding carboxylic acids is 1. The minimum atomic E-state index is -3.51. The van der Waals surface area contributed by atoms with E-state index in [1.807, 2.05) is 33.8 Å². The smallest absolute Gasteiger partial charge is 0.240 e. The molecule has 0 saturated heterocycles. The van der Waals surface area contributed by atoms with Gasteiger partial charge in [0, 0.05) is 6.04 Å². The highest BCUT2D eigenvalue weighted by Gasteiger charge is 2.22. The van der Waals surface area contributed by atoms with Crippen LogP contribution in [0.25, 0.3) is 0 Å². The molecule has 118 valence electrons. The van der Waals surface area contributed by atoms with E-state index in [9.17, 15) is 13.2 Å². The van der Waals surface area contributed by atoms with Crippen LogP contribution in [0.15, 0.2) is 24.3 Å². The number of carbonyl (C=O) groups is 1. The van der Waals surface area contributed by atoms with E-state index in [2.05, 4.69) is 5.32 Å². The fraction of sp³-hybridized carbons (Fsp3) is 0.533. The van der Waals surface area contributed by atoms with Crippen molar-refractivity contribution in [2.45, 2.75) is 33.7 Å². The van der Waals surface area contributed by atoms with Gasteiger partial charge in [0.15, 0.2) is 0 Å². The Morgan fingerprint density at radius 2 is 1.90 bits per heavy atom. The molecule has 5 nitrogen and oxygen atoms in total. The Balaban J connectivity index is 2.94. The summed E-state index contributed by atoms with van der Waals surface area (Å²) in [5, 5.41) is 2.82. The number of hydrogen-bond acceptors (Lipinski definition) is 3. The van der Waals surface area contributed by atoms with Gasteiger partial charge in [0.2, 0.25) is 15.9 Å². The Bertz CT molecular complexity index is 597. The first-order chi connectivity index (χ1) is 9.61. The summed E-state index contributed by atoms with van der Waals surface area (Å²) in [6.07, 6.45) is 1.11. The molecule has 0 aliphatic rings. The predicted octanol–water partition coefficient (Wildman–Crippen LogP) is 1.92. The zero-order valence-electron chi connectivity index (χ0n) is 13.3. The van der Waals surface area contributed by atoms with Crippen molar-refractivity contribution in [1.82, 2.24) is 5.32 Å². The Morgan fingerprint density at radius 1 is 1.29 bits per heavy atom. The number of benzene rings is 1. The molecule has 1 N–H and O–H groups in total. The van der Waals surface area contributed by atoms with E-state index < -0.39 is 10.0 Å². The van der Waals surface area contributed by atoms with Crippen molar-refractivity contribution in [1.29, 1.82) is 0 Å². The molecule has 6 heteroatoms. The molecule has 1 atom stereocenters. The Morgan fingerprint density at radius 3 is 2.38 bits per heavy atom. The van der Waals surface area contributed by atoms with Crippen LogP contribution in [0.4, 0.5) is 5.69 Å². The number of anilines is 1. The van der Waals surface area contributed by atoms with Crippen molar-refractivity contribution in [3.8, 4) is 0 Å². The second-order valence-corrected chi connectivity index (χ2v) is 7.62. The third-order valence-electron chi connectivity index (χ3n) is 3.37. The lowest BCUT2D eigenvalue weighted by Crippen LogP contribution is -2.44. The van der Waals surface area contributed by atoms with Crippen molar-refractivity contribution >= 4 is 21.6 Å². The van der Waals surface area contributed by atoms with Gasteiger partial charge in [-0.25, -0.2) is 8.42 Å². The molecular formula is C15H24N2O3S. The van der Waals surface area contributed by atoms with E-state index in [4.69, 9.17) is 0 Å². The topological polar surface area (TPSA) is 66.5 Å². The normalized spacial score (nSPS) is 13.0. The molecule has 0 unspecified atom stereocenters. The average molecular weight is 312 g/mol. The highest BCUT2D eigenvalue weighted by Crippen LogP contribution is 2.18. The van der Waals surface area contributed by atoms with Crippen LogP contribution in [0, 0.1) is 12.8 Å². The van der Waals surface area contributed by atoms with Gasteiger partial charge in [-0.05, 0) is 37.5 Å². The highest BCUT2D eigenvalue weighted by molar-refractivity contribution is 7.92. The minimum Gasteiger partial charge on any atom is -0.352 e. The number of nitrogens with one attached hydrogen (secondary N) is 1. The Labute approximate surface area is 127 Å². The lowest BCUT2D eigenvalue weighted by molar-refractivity contribution is -0.120. The summed E-state index contributed by atoms with van der Waals surface area (Å²) >= 11 is 0. The molecule has 1 rings (SSSR count). The van der Waals surface area contributed by atoms with Crippen molar-refractivity contribution in [2.24, 2.45) is 5.92 Å². The lowest BCUT2D eigenvalue weighted by atomic mass is 10.1. The fourth-order valence-electron chi connectivity index (χ4n) is 1.78. The molecule has 0 bridgehead atoms. The molecule has 0 fully saturated rings. The van der Waals surface area contributed by atoms with E-state index in [-0.39, 0.29) is 18.5 Å². The van der Waals surface area contributed by atoms with Gasteiger partial charge in [-0.2, -0.15) is 0 Å². The Hall–Kier alpha value is -1.56. The largest absolute Gasteiger partial charge is 0.352 e. The molecule has 1 aromatic rings. The number of hydrogen-bond donors (Lipinski definition) is 1. The molecule has 1 amide bonds. The highest BCUT2D eigenvalue weighted by atomic mass is 32.2. The fourth-order valence-corrected chi connectivity index (χ4v) is 2.63. The first-order valence-corrected chi connectivity index (χ1v) is 8.80. The maximum absolute atomic E-state index is 12.1. The molecule has 0 aliphatic heterocycles. The van der Waals surface area contributed by atoms with E-state index in [0.29, 0.717) is 11.6 Å². The number of rotatable bonds is 6. The van der Waals surface area contributed by atoms with Crippen LogP contribution in [0.5, 0.6) is 0 Å². The predicted molar refractivity (Wildman–Crippen MR) is 85.8 cm³/mol. The van der Waals surface area contributed by atoms with E-state index in [0.717, 1.165) is 16.1 Å². The van der Waals surface area contributed by atoms with Gasteiger partial charge in [-0.15, -0.1) is 0 Å². The standard InChI is InChI=1S/C15H24N2O3S/c1-11(2)13(4)16-15(18)10-17(21(5,19)20)14-8-6-7-12(3)9-14/h6-9,11,13H,10H2,1-5H3,(H,16,18)/t13-/m1/s1. The molecule has 0 radical (unpaired) electrons. The van der Waals surface area contributed by atoms with Gasteiger partial charge in [0.05, 0.1) is 11.9 Å². The quantitative estimate of drug-likeness (QED) is 0.872. The van der Waals surface area contributed by atoms with Gasteiger partial charge >= 0.3 is 0 Å². The van der Waals surface area contributed by atoms with Gasteiger partial charge in [-0.3, -0.25) is 9.10 Å². The summed E-state index contributed by atoms with van der Waals surface area (Å²) in [4.78, 5) is 12.1. The van der Waals surface area contributed by atoms with Gasteiger partial charge < -0.3 is 5.32 Å². The van der Waals surface area contributed by atoms with Crippen LogP contribution in [0.2, 0.25) is 0 Å². The molecule has 1 aromatic carbocycles. The molecule has 0 spiro atoms. The summed E-state index contributed by atoms with van der Waals surface area (Å²) in [6, 6.07) is 7.09. The summed E-state index contributed by atoms with van der Waals surface area (Å²) in [6.45, 7) is 7.57. The molecule has 0 saturated carbocycles. The van der Waals surface area contributed by atoms with Gasteiger partial charge in [0.1, 0.15) is 6.54 Å². The van der Waals surface area contributed by atoms with Crippen LogP contribution in [0.1, 0.15) is 26.3 Å². The molecular weight excluding hydrogens is 288 g/mol. The van der Waals surface area contributed by atoms with Crippen molar-refractivity contribution in [3.63, 3.8) is 0 Å². The summed E-state index contributed by atoms with van der Waals surface area (Å²) in [5.74, 6) is -0.0114. The number of sulfonamides is 1. The third kappa shape index (κ3) is 5.38. The zero-order valence-corrected chi connectivity index (χ0v) is 14.1. The lowest BCUT2D eigenvalue weighted by Gasteiger charge is -2.24. The van der Waals surface area contributed by atoms with Crippen molar-refractivity contribution in [2.75, 3.05) is 17.1 Å². The van der Waals surface area contributed by atoms with Gasteiger partial charge in [0.25, 0.3) is 0 Å². The number of nitrogens with zero attached hydrogens (tertiary/aromatic N) is 1. The van der Waals surface area contributed by atoms with Crippen molar-refractivity contribution < 1.29 is 13.2 Å². The van der Waals surface area contributed by atoms with E-state index in [1.165, 1.54) is 0 Å². The van der Waals surface area contributed by atoms with Crippen LogP contribution < -0.4 is 9.62 Å². The molecule has 0 heterocycles. The average Bonchev–Trinajstić information content (AvgIpc) is 2.34. The molecule has 0 aliphatic carbocycles. The van der Waals surface area contributed by atoms with Crippen LogP contribution in [-0.2, 0) is 14.8 Å². The minimum absolute atomic E-state index is 0.00332. The second-order valence-electron chi connectivity index (χ2n) is 5.71.